The van der Waals surface area contributed by atoms with E-state index < -0.39 is 11.9 Å². The number of carbonyl (C=O) groups excluding carboxylic acids is 1. The molecule has 17 heavy (non-hydrogen) atoms. The van der Waals surface area contributed by atoms with Gasteiger partial charge in [-0.2, -0.15) is 0 Å². The van der Waals surface area contributed by atoms with Gasteiger partial charge in [0.05, 0.1) is 12.7 Å². The Morgan fingerprint density at radius 2 is 2.06 bits per heavy atom. The number of hydrogen-bond acceptors (Lipinski definition) is 3. The van der Waals surface area contributed by atoms with Crippen molar-refractivity contribution in [1.29, 1.82) is 0 Å². The molecule has 0 radical (unpaired) electrons. The topological polar surface area (TPSA) is 78.3 Å². The fourth-order valence-electron chi connectivity index (χ4n) is 2.62. The van der Waals surface area contributed by atoms with Crippen molar-refractivity contribution in [3.05, 3.63) is 0 Å². The molecule has 1 fully saturated rings. The molecular formula is C13H26N2O2. The van der Waals surface area contributed by atoms with Crippen LogP contribution >= 0.6 is 0 Å². The highest BCUT2D eigenvalue weighted by Gasteiger charge is 2.31. The number of amides is 1. The predicted octanol–water partition coefficient (Wildman–Crippen LogP) is 1.28. The maximum Gasteiger partial charge on any atom is 0.236 e. The standard InChI is InChI=1S/C13H26N2O2/c1-8(2)10-5-4-9(3)6-12(10)17-7-11(14)13(15)16/h8-12H,4-7,14H2,1-3H3,(H2,15,16). The first-order chi connectivity index (χ1) is 7.91. The van der Waals surface area contributed by atoms with E-state index in [9.17, 15) is 4.79 Å². The molecule has 0 spiro atoms. The van der Waals surface area contributed by atoms with Gasteiger partial charge >= 0.3 is 0 Å². The van der Waals surface area contributed by atoms with Crippen LogP contribution in [0.3, 0.4) is 0 Å². The molecule has 0 bridgehead atoms. The van der Waals surface area contributed by atoms with Gasteiger partial charge in [-0.3, -0.25) is 4.79 Å². The number of nitrogens with two attached hydrogens (primary N) is 2. The highest BCUT2D eigenvalue weighted by molar-refractivity contribution is 5.79. The minimum atomic E-state index is -0.681. The highest BCUT2D eigenvalue weighted by atomic mass is 16.5. The van der Waals surface area contributed by atoms with Crippen molar-refractivity contribution in [2.45, 2.75) is 52.2 Å². The lowest BCUT2D eigenvalue weighted by atomic mass is 9.75. The van der Waals surface area contributed by atoms with Gasteiger partial charge in [-0.15, -0.1) is 0 Å². The Balaban J connectivity index is 2.49. The molecular weight excluding hydrogens is 216 g/mol. The Labute approximate surface area is 104 Å². The summed E-state index contributed by atoms with van der Waals surface area (Å²) in [5.41, 5.74) is 10.7. The monoisotopic (exact) mass is 242 g/mol. The first-order valence-corrected chi connectivity index (χ1v) is 6.58. The largest absolute Gasteiger partial charge is 0.376 e. The molecule has 1 aliphatic carbocycles. The van der Waals surface area contributed by atoms with E-state index in [1.54, 1.807) is 0 Å². The normalized spacial score (nSPS) is 31.5. The second-order valence-corrected chi connectivity index (χ2v) is 5.71. The summed E-state index contributed by atoms with van der Waals surface area (Å²) in [6.45, 7) is 6.95. The summed E-state index contributed by atoms with van der Waals surface area (Å²) >= 11 is 0. The van der Waals surface area contributed by atoms with Gasteiger partial charge in [0.15, 0.2) is 0 Å². The van der Waals surface area contributed by atoms with E-state index in [0.29, 0.717) is 17.8 Å². The van der Waals surface area contributed by atoms with Gasteiger partial charge in [0.2, 0.25) is 5.91 Å². The summed E-state index contributed by atoms with van der Waals surface area (Å²) < 4.78 is 5.82. The second-order valence-electron chi connectivity index (χ2n) is 5.71. The Morgan fingerprint density at radius 1 is 1.41 bits per heavy atom. The van der Waals surface area contributed by atoms with Gasteiger partial charge in [-0.05, 0) is 30.6 Å². The van der Waals surface area contributed by atoms with Crippen LogP contribution in [0.15, 0.2) is 0 Å². The number of primary amides is 1. The van der Waals surface area contributed by atoms with E-state index in [1.807, 2.05) is 0 Å². The number of ether oxygens (including phenoxy) is 1. The maximum atomic E-state index is 10.9. The molecule has 0 aromatic heterocycles. The van der Waals surface area contributed by atoms with Gasteiger partial charge in [0, 0.05) is 0 Å². The quantitative estimate of drug-likeness (QED) is 0.762. The fraction of sp³-hybridized carbons (Fsp3) is 0.923. The lowest BCUT2D eigenvalue weighted by Crippen LogP contribution is -2.43. The lowest BCUT2D eigenvalue weighted by Gasteiger charge is -2.37. The van der Waals surface area contributed by atoms with Crippen molar-refractivity contribution < 1.29 is 9.53 Å². The van der Waals surface area contributed by atoms with Gasteiger partial charge in [0.1, 0.15) is 6.04 Å². The molecule has 4 heteroatoms. The summed E-state index contributed by atoms with van der Waals surface area (Å²) in [5.74, 6) is 1.39. The molecule has 4 unspecified atom stereocenters. The van der Waals surface area contributed by atoms with Crippen LogP contribution in [0.1, 0.15) is 40.0 Å². The minimum Gasteiger partial charge on any atom is -0.376 e. The maximum absolute atomic E-state index is 10.9. The Morgan fingerprint density at radius 3 is 2.59 bits per heavy atom. The van der Waals surface area contributed by atoms with E-state index in [2.05, 4.69) is 20.8 Å². The first kappa shape index (κ1) is 14.5. The summed E-state index contributed by atoms with van der Waals surface area (Å²) in [7, 11) is 0. The Hall–Kier alpha value is -0.610. The van der Waals surface area contributed by atoms with Gasteiger partial charge in [-0.25, -0.2) is 0 Å². The minimum absolute atomic E-state index is 0.226. The molecule has 0 aliphatic heterocycles. The zero-order chi connectivity index (χ0) is 13.0. The second kappa shape index (κ2) is 6.36. The summed E-state index contributed by atoms with van der Waals surface area (Å²) in [5, 5.41) is 0. The van der Waals surface area contributed by atoms with Crippen LogP contribution < -0.4 is 11.5 Å². The van der Waals surface area contributed by atoms with Crippen molar-refractivity contribution in [2.75, 3.05) is 6.61 Å². The molecule has 0 aromatic rings. The van der Waals surface area contributed by atoms with Crippen LogP contribution in [0.4, 0.5) is 0 Å². The average Bonchev–Trinajstić information content (AvgIpc) is 2.25. The number of hydrogen-bond donors (Lipinski definition) is 2. The molecule has 4 N–H and O–H groups in total. The zero-order valence-electron chi connectivity index (χ0n) is 11.2. The van der Waals surface area contributed by atoms with Gasteiger partial charge < -0.3 is 16.2 Å². The van der Waals surface area contributed by atoms with E-state index in [1.165, 1.54) is 12.8 Å². The van der Waals surface area contributed by atoms with Gasteiger partial charge in [0.25, 0.3) is 0 Å². The van der Waals surface area contributed by atoms with Crippen LogP contribution in [0, 0.1) is 17.8 Å². The smallest absolute Gasteiger partial charge is 0.236 e. The molecule has 0 heterocycles. The molecule has 4 atom stereocenters. The van der Waals surface area contributed by atoms with Crippen LogP contribution in [0.5, 0.6) is 0 Å². The third kappa shape index (κ3) is 4.28. The molecule has 1 aliphatic rings. The van der Waals surface area contributed by atoms with Crippen LogP contribution in [0.2, 0.25) is 0 Å². The Bertz CT molecular complexity index is 256. The molecule has 1 saturated carbocycles. The van der Waals surface area contributed by atoms with E-state index in [-0.39, 0.29) is 12.7 Å². The zero-order valence-corrected chi connectivity index (χ0v) is 11.2. The SMILES string of the molecule is CC1CCC(C(C)C)C(OCC(N)C(N)=O)C1. The van der Waals surface area contributed by atoms with Crippen LogP contribution in [0.25, 0.3) is 0 Å². The number of carbonyl (C=O) groups is 1. The van der Waals surface area contributed by atoms with Crippen LogP contribution in [-0.2, 0) is 9.53 Å². The van der Waals surface area contributed by atoms with E-state index >= 15 is 0 Å². The van der Waals surface area contributed by atoms with E-state index in [4.69, 9.17) is 16.2 Å². The summed E-state index contributed by atoms with van der Waals surface area (Å²) in [4.78, 5) is 10.9. The van der Waals surface area contributed by atoms with Crippen molar-refractivity contribution >= 4 is 5.91 Å². The molecule has 4 nitrogen and oxygen atoms in total. The molecule has 100 valence electrons. The third-order valence-electron chi connectivity index (χ3n) is 3.82. The predicted molar refractivity (Wildman–Crippen MR) is 68.3 cm³/mol. The molecule has 0 saturated heterocycles. The Kier molecular flexibility index (Phi) is 5.40. The summed E-state index contributed by atoms with van der Waals surface area (Å²) in [6, 6.07) is -0.681. The van der Waals surface area contributed by atoms with Crippen LogP contribution in [-0.4, -0.2) is 24.7 Å². The average molecular weight is 242 g/mol. The molecule has 1 amide bonds. The van der Waals surface area contributed by atoms with Crippen molar-refractivity contribution in [3.8, 4) is 0 Å². The lowest BCUT2D eigenvalue weighted by molar-refractivity contribution is -0.122. The summed E-state index contributed by atoms with van der Waals surface area (Å²) in [6.07, 6.45) is 3.76. The highest BCUT2D eigenvalue weighted by Crippen LogP contribution is 2.35. The number of rotatable bonds is 5. The molecule has 0 aromatic carbocycles. The fourth-order valence-corrected chi connectivity index (χ4v) is 2.62. The van der Waals surface area contributed by atoms with Gasteiger partial charge in [-0.1, -0.05) is 27.2 Å². The third-order valence-corrected chi connectivity index (χ3v) is 3.82. The van der Waals surface area contributed by atoms with Crippen molar-refractivity contribution in [2.24, 2.45) is 29.2 Å². The molecule has 1 rings (SSSR count). The first-order valence-electron chi connectivity index (χ1n) is 6.58. The van der Waals surface area contributed by atoms with Crippen molar-refractivity contribution in [3.63, 3.8) is 0 Å². The van der Waals surface area contributed by atoms with Crippen molar-refractivity contribution in [1.82, 2.24) is 0 Å². The van der Waals surface area contributed by atoms with E-state index in [0.717, 1.165) is 6.42 Å².